The number of carbonyl (C=O) groups excluding carboxylic acids is 1. The lowest BCUT2D eigenvalue weighted by Gasteiger charge is -2.36. The van der Waals surface area contributed by atoms with Gasteiger partial charge in [0.05, 0.1) is 10.2 Å². The van der Waals surface area contributed by atoms with Crippen LogP contribution in [0.5, 0.6) is 10.9 Å². The summed E-state index contributed by atoms with van der Waals surface area (Å²) < 4.78 is 7.04. The van der Waals surface area contributed by atoms with Crippen molar-refractivity contribution < 1.29 is 14.6 Å². The highest BCUT2D eigenvalue weighted by atomic mass is 32.1. The molecule has 1 N–H and O–H groups in total. The number of nitrogens with zero attached hydrogens (tertiary/aromatic N) is 3. The molecule has 1 fully saturated rings. The van der Waals surface area contributed by atoms with Gasteiger partial charge in [0, 0.05) is 32.7 Å². The van der Waals surface area contributed by atoms with E-state index in [1.165, 1.54) is 5.56 Å². The third kappa shape index (κ3) is 4.75. The summed E-state index contributed by atoms with van der Waals surface area (Å²) in [6, 6.07) is 16.4. The van der Waals surface area contributed by atoms with Gasteiger partial charge in [-0.15, -0.1) is 0 Å². The van der Waals surface area contributed by atoms with E-state index in [-0.39, 0.29) is 11.9 Å². The van der Waals surface area contributed by atoms with Crippen molar-refractivity contribution in [1.29, 1.82) is 0 Å². The molecule has 1 aromatic heterocycles. The Kier molecular flexibility index (Phi) is 6.08. The molecular weight excluding hydrogens is 386 g/mol. The fourth-order valence-corrected chi connectivity index (χ4v) is 4.53. The van der Waals surface area contributed by atoms with E-state index in [0.717, 1.165) is 48.4 Å². The van der Waals surface area contributed by atoms with Crippen LogP contribution in [-0.4, -0.2) is 58.6 Å². The third-order valence-corrected chi connectivity index (χ3v) is 6.36. The van der Waals surface area contributed by atoms with Crippen molar-refractivity contribution in [1.82, 2.24) is 14.8 Å². The predicted molar refractivity (Wildman–Crippen MR) is 114 cm³/mol. The van der Waals surface area contributed by atoms with Crippen LogP contribution in [-0.2, 0) is 11.3 Å². The molecule has 4 rings (SSSR count). The zero-order chi connectivity index (χ0) is 20.2. The molecule has 0 atom stereocenters. The highest BCUT2D eigenvalue weighted by Gasteiger charge is 2.24. The number of thiazole rings is 1. The maximum Gasteiger partial charge on any atom is 0.279 e. The minimum Gasteiger partial charge on any atom is -0.431 e. The van der Waals surface area contributed by atoms with Crippen molar-refractivity contribution in [2.75, 3.05) is 26.7 Å². The van der Waals surface area contributed by atoms with Crippen molar-refractivity contribution in [2.45, 2.75) is 25.4 Å². The number of carbonyl (C=O) groups is 1. The zero-order valence-electron chi connectivity index (χ0n) is 16.5. The third-order valence-electron chi connectivity index (χ3n) is 5.44. The number of para-hydroxylation sites is 1. The van der Waals surface area contributed by atoms with Crippen molar-refractivity contribution in [2.24, 2.45) is 0 Å². The lowest BCUT2D eigenvalue weighted by molar-refractivity contribution is -0.135. The first kappa shape index (κ1) is 19.8. The van der Waals surface area contributed by atoms with Gasteiger partial charge in [0.2, 0.25) is 5.91 Å². The second-order valence-corrected chi connectivity index (χ2v) is 8.36. The van der Waals surface area contributed by atoms with Crippen LogP contribution in [0.3, 0.4) is 0 Å². The summed E-state index contributed by atoms with van der Waals surface area (Å²) in [5.41, 5.74) is 2.19. The molecule has 0 saturated carbocycles. The number of fused-ring (bicyclic) bond motifs is 1. The molecule has 6 nitrogen and oxygen atoms in total. The Morgan fingerprint density at radius 1 is 1.21 bits per heavy atom. The van der Waals surface area contributed by atoms with E-state index in [2.05, 4.69) is 22.0 Å². The Bertz CT molecular complexity index is 932. The number of hydrogen-bond acceptors (Lipinski definition) is 6. The molecule has 1 amide bonds. The number of benzene rings is 2. The molecule has 0 radical (unpaired) electrons. The smallest absolute Gasteiger partial charge is 0.279 e. The Labute approximate surface area is 174 Å². The fourth-order valence-electron chi connectivity index (χ4n) is 3.70. The monoisotopic (exact) mass is 411 g/mol. The van der Waals surface area contributed by atoms with Crippen LogP contribution in [0.1, 0.15) is 18.4 Å². The van der Waals surface area contributed by atoms with Crippen LogP contribution in [0.2, 0.25) is 0 Å². The summed E-state index contributed by atoms with van der Waals surface area (Å²) in [6.45, 7) is 2.35. The molecular formula is C22H25N3O3S. The van der Waals surface area contributed by atoms with E-state index in [4.69, 9.17) is 9.84 Å². The van der Waals surface area contributed by atoms with Gasteiger partial charge >= 0.3 is 0 Å². The average molecular weight is 412 g/mol. The average Bonchev–Trinajstić information content (AvgIpc) is 3.17. The normalized spacial score (nSPS) is 15.5. The van der Waals surface area contributed by atoms with E-state index >= 15 is 0 Å². The molecule has 1 saturated heterocycles. The minimum atomic E-state index is -0.415. The van der Waals surface area contributed by atoms with Crippen LogP contribution in [0.25, 0.3) is 10.2 Å². The van der Waals surface area contributed by atoms with Crippen molar-refractivity contribution in [3.05, 3.63) is 54.1 Å². The van der Waals surface area contributed by atoms with Crippen LogP contribution in [0.4, 0.5) is 0 Å². The number of likely N-dealkylation sites (tertiary alicyclic amines) is 1. The predicted octanol–water partition coefficient (Wildman–Crippen LogP) is 3.50. The summed E-state index contributed by atoms with van der Waals surface area (Å²) >= 11 is 1.55. The first-order valence-electron chi connectivity index (χ1n) is 9.83. The maximum absolute atomic E-state index is 11.6. The molecule has 1 aliphatic heterocycles. The molecule has 1 aliphatic rings. The molecule has 0 aliphatic carbocycles. The molecule has 0 unspecified atom stereocenters. The van der Waals surface area contributed by atoms with Crippen LogP contribution < -0.4 is 4.74 Å². The Morgan fingerprint density at radius 2 is 1.93 bits per heavy atom. The number of piperidine rings is 1. The molecule has 29 heavy (non-hydrogen) atoms. The Morgan fingerprint density at radius 3 is 2.62 bits per heavy atom. The Hall–Kier alpha value is -2.48. The highest BCUT2D eigenvalue weighted by Crippen LogP contribution is 2.31. The van der Waals surface area contributed by atoms with Crippen LogP contribution in [0, 0.1) is 0 Å². The first-order valence-corrected chi connectivity index (χ1v) is 10.7. The van der Waals surface area contributed by atoms with Gasteiger partial charge in [-0.25, -0.2) is 4.98 Å². The maximum atomic E-state index is 11.6. The van der Waals surface area contributed by atoms with Gasteiger partial charge in [-0.05, 0) is 42.7 Å². The van der Waals surface area contributed by atoms with Crippen LogP contribution in [0.15, 0.2) is 48.5 Å². The van der Waals surface area contributed by atoms with E-state index in [0.29, 0.717) is 5.19 Å². The molecule has 2 heterocycles. The largest absolute Gasteiger partial charge is 0.431 e. The number of hydrogen-bond donors (Lipinski definition) is 1. The summed E-state index contributed by atoms with van der Waals surface area (Å²) in [5.74, 6) is 0.586. The van der Waals surface area contributed by atoms with Gasteiger partial charge in [-0.1, -0.05) is 35.6 Å². The highest BCUT2D eigenvalue weighted by molar-refractivity contribution is 7.20. The Balaban J connectivity index is 1.30. The molecule has 0 bridgehead atoms. The minimum absolute atomic E-state index is 0.202. The van der Waals surface area contributed by atoms with Crippen LogP contribution >= 0.6 is 11.3 Å². The summed E-state index contributed by atoms with van der Waals surface area (Å²) in [4.78, 5) is 20.2. The summed E-state index contributed by atoms with van der Waals surface area (Å²) in [5, 5.41) is 9.68. The molecule has 2 aromatic carbocycles. The van der Waals surface area contributed by atoms with Gasteiger partial charge in [0.25, 0.3) is 5.19 Å². The lowest BCUT2D eigenvalue weighted by atomic mass is 10.0. The van der Waals surface area contributed by atoms with Crippen molar-refractivity contribution in [3.63, 3.8) is 0 Å². The molecule has 3 aromatic rings. The van der Waals surface area contributed by atoms with Gasteiger partial charge < -0.3 is 14.7 Å². The van der Waals surface area contributed by atoms with Crippen molar-refractivity contribution >= 4 is 27.5 Å². The van der Waals surface area contributed by atoms with Crippen molar-refractivity contribution in [3.8, 4) is 10.9 Å². The lowest BCUT2D eigenvalue weighted by Crippen LogP contribution is -2.46. The van der Waals surface area contributed by atoms with E-state index in [1.54, 1.807) is 23.3 Å². The number of aromatic nitrogens is 1. The second kappa shape index (κ2) is 8.90. The van der Waals surface area contributed by atoms with E-state index < -0.39 is 6.61 Å². The molecule has 7 heteroatoms. The van der Waals surface area contributed by atoms with Gasteiger partial charge in [0.1, 0.15) is 12.4 Å². The van der Waals surface area contributed by atoms with Gasteiger partial charge in [-0.3, -0.25) is 9.69 Å². The first-order chi connectivity index (χ1) is 14.1. The second-order valence-electron chi connectivity index (χ2n) is 7.36. The standard InChI is InChI=1S/C22H25N3O3S/c1-24(21(27)15-26)17-10-12-25(13-11-17)14-16-6-8-18(9-7-16)28-22-23-19-4-2-3-5-20(19)29-22/h2-9,17,26H,10-15H2,1H3. The molecule has 0 spiro atoms. The quantitative estimate of drug-likeness (QED) is 0.673. The summed E-state index contributed by atoms with van der Waals surface area (Å²) in [6.07, 6.45) is 1.86. The molecule has 152 valence electrons. The zero-order valence-corrected chi connectivity index (χ0v) is 17.3. The summed E-state index contributed by atoms with van der Waals surface area (Å²) in [7, 11) is 1.78. The van der Waals surface area contributed by atoms with Gasteiger partial charge in [-0.2, -0.15) is 0 Å². The van der Waals surface area contributed by atoms with E-state index in [1.807, 2.05) is 36.4 Å². The number of ether oxygens (including phenoxy) is 1. The number of likely N-dealkylation sites (N-methyl/N-ethyl adjacent to an activating group) is 1. The number of rotatable bonds is 6. The SMILES string of the molecule is CN(C(=O)CO)C1CCN(Cc2ccc(Oc3nc4ccccc4s3)cc2)CC1. The fraction of sp³-hybridized carbons (Fsp3) is 0.364. The number of aliphatic hydroxyl groups is 1. The van der Waals surface area contributed by atoms with E-state index in [9.17, 15) is 4.79 Å². The number of amides is 1. The topological polar surface area (TPSA) is 65.9 Å². The number of aliphatic hydroxyl groups excluding tert-OH is 1. The van der Waals surface area contributed by atoms with Gasteiger partial charge in [0.15, 0.2) is 0 Å².